The van der Waals surface area contributed by atoms with Gasteiger partial charge in [0.1, 0.15) is 22.8 Å². The van der Waals surface area contributed by atoms with Crippen LogP contribution < -0.4 is 10.6 Å². The number of amides is 6. The highest BCUT2D eigenvalue weighted by Gasteiger charge is 2.32. The third-order valence-corrected chi connectivity index (χ3v) is 9.10. The molecule has 366 valence electrons. The summed E-state index contributed by atoms with van der Waals surface area (Å²) in [5, 5.41) is 55.0. The van der Waals surface area contributed by atoms with E-state index in [1.54, 1.807) is 67.0 Å². The average Bonchev–Trinajstić information content (AvgIpc) is 3.87. The van der Waals surface area contributed by atoms with Crippen molar-refractivity contribution in [1.29, 1.82) is 0 Å². The predicted molar refractivity (Wildman–Crippen MR) is 238 cm³/mol. The second-order valence-corrected chi connectivity index (χ2v) is 14.2. The second-order valence-electron chi connectivity index (χ2n) is 14.2. The van der Waals surface area contributed by atoms with Crippen molar-refractivity contribution in [2.75, 3.05) is 17.8 Å². The molecule has 0 bridgehead atoms. The van der Waals surface area contributed by atoms with Crippen LogP contribution in [0.2, 0.25) is 0 Å². The van der Waals surface area contributed by atoms with Gasteiger partial charge >= 0.3 is 11.9 Å². The normalized spacial score (nSPS) is 12.8. The third-order valence-electron chi connectivity index (χ3n) is 9.10. The number of aliphatic carboxylic acids is 1. The molecule has 4 N–H and O–H groups in total. The monoisotopic (exact) mass is 977 g/mol. The molecule has 6 aromatic rings. The van der Waals surface area contributed by atoms with E-state index in [2.05, 4.69) is 71.4 Å². The van der Waals surface area contributed by atoms with Crippen LogP contribution in [0.15, 0.2) is 85.5 Å². The number of carboxylic acids is 1. The van der Waals surface area contributed by atoms with Gasteiger partial charge in [0.2, 0.25) is 35.1 Å². The molecule has 0 aliphatic carbocycles. The van der Waals surface area contributed by atoms with E-state index in [1.165, 1.54) is 12.4 Å². The van der Waals surface area contributed by atoms with Gasteiger partial charge in [-0.15, -0.1) is 45.9 Å². The third kappa shape index (κ3) is 16.4. The molecule has 6 amide bonds. The van der Waals surface area contributed by atoms with Crippen molar-refractivity contribution in [3.63, 3.8) is 0 Å². The molecular formula is C43H41FN16O11. The summed E-state index contributed by atoms with van der Waals surface area (Å²) in [5.74, 6) is -3.34. The smallest absolute Gasteiger partial charge is 0.333 e. The maximum absolute atomic E-state index is 12.1. The Bertz CT molecular complexity index is 2780. The number of carboxylic acid groups (broad SMARTS) is 1. The Morgan fingerprint density at radius 3 is 1.28 bits per heavy atom. The molecule has 27 nitrogen and oxygen atoms in total. The van der Waals surface area contributed by atoms with Crippen molar-refractivity contribution in [1.82, 2.24) is 70.9 Å². The Balaban J connectivity index is 0.000000224. The van der Waals surface area contributed by atoms with Gasteiger partial charge in [-0.2, -0.15) is 5.06 Å². The lowest BCUT2D eigenvalue weighted by atomic mass is 10.2. The Hall–Kier alpha value is -9.47. The average molecular weight is 978 g/mol. The van der Waals surface area contributed by atoms with Gasteiger partial charge in [0.15, 0.2) is 0 Å². The topological polar surface area (TPSA) is 371 Å². The van der Waals surface area contributed by atoms with Crippen LogP contribution in [0.3, 0.4) is 0 Å². The highest BCUT2D eigenvalue weighted by Crippen LogP contribution is 2.18. The standard InChI is InChI=1S/C21H18N8O5.C17H15N7O3.C4H5NO3.CH3F/c30-16(5-3-6-19(33)34-29-17(31)9-10-18(29)32)24-13-7-8-15(23-12-13)21-27-25-20(26-28-21)14-4-1-2-11-22-14;25-14(5-3-6-15(26)27)20-11-7-8-13(19-10-11)17-23-21-16(22-24-17)12-4-1-2-9-18-12;6-3-1-2-4(7)5(3)8;1-2/h1-2,4,7-8,11-12H,3,5-6,9-10H2,(H,24,30);1-2,4,7-10H,3,5-6H2,(H,20,25)(H,26,27);8H,1-2H2;1H3/i;;;1D. The maximum Gasteiger partial charge on any atom is 0.333 e. The number of aromatic nitrogens is 12. The quantitative estimate of drug-likeness (QED) is 0.0848. The molecule has 0 aromatic carbocycles. The summed E-state index contributed by atoms with van der Waals surface area (Å²) in [7, 11) is -1.00. The van der Waals surface area contributed by atoms with E-state index >= 15 is 0 Å². The summed E-state index contributed by atoms with van der Waals surface area (Å²) in [6, 6.07) is 17.2. The summed E-state index contributed by atoms with van der Waals surface area (Å²) in [4.78, 5) is 111. The molecule has 0 saturated carbocycles. The number of hydrogen-bond donors (Lipinski definition) is 4. The van der Waals surface area contributed by atoms with Gasteiger partial charge in [0, 0.05) is 63.8 Å². The molecule has 2 saturated heterocycles. The molecule has 0 radical (unpaired) electrons. The van der Waals surface area contributed by atoms with E-state index in [0.29, 0.717) is 45.0 Å². The van der Waals surface area contributed by atoms with Crippen LogP contribution in [0.5, 0.6) is 0 Å². The summed E-state index contributed by atoms with van der Waals surface area (Å²) in [6.07, 6.45) is 6.94. The van der Waals surface area contributed by atoms with Gasteiger partial charge in [0.05, 0.1) is 32.3 Å². The van der Waals surface area contributed by atoms with Crippen molar-refractivity contribution in [2.45, 2.75) is 64.2 Å². The number of nitrogens with zero attached hydrogens (tertiary/aromatic N) is 14. The molecule has 0 spiro atoms. The van der Waals surface area contributed by atoms with Gasteiger partial charge in [-0.3, -0.25) is 63.1 Å². The van der Waals surface area contributed by atoms with E-state index in [4.69, 9.17) is 16.5 Å². The summed E-state index contributed by atoms with van der Waals surface area (Å²) >= 11 is 0. The van der Waals surface area contributed by atoms with Crippen LogP contribution in [0.4, 0.5) is 15.8 Å². The lowest BCUT2D eigenvalue weighted by molar-refractivity contribution is -0.197. The van der Waals surface area contributed by atoms with Gasteiger partial charge in [-0.05, 0) is 61.4 Å². The van der Waals surface area contributed by atoms with Crippen molar-refractivity contribution < 1.29 is 59.3 Å². The Morgan fingerprint density at radius 1 is 0.577 bits per heavy atom. The molecular weight excluding hydrogens is 936 g/mol. The minimum Gasteiger partial charge on any atom is -0.481 e. The highest BCUT2D eigenvalue weighted by molar-refractivity contribution is 6.02. The fraction of sp³-hybridized carbons (Fsp3) is 0.256. The predicted octanol–water partition coefficient (Wildman–Crippen LogP) is 2.80. The first-order chi connectivity index (χ1) is 34.7. The van der Waals surface area contributed by atoms with Crippen LogP contribution in [0.25, 0.3) is 46.1 Å². The van der Waals surface area contributed by atoms with Gasteiger partial charge in [0.25, 0.3) is 23.6 Å². The first-order valence-corrected chi connectivity index (χ1v) is 20.9. The lowest BCUT2D eigenvalue weighted by Gasteiger charge is -2.12. The first kappa shape index (κ1) is 50.9. The van der Waals surface area contributed by atoms with E-state index < -0.39 is 42.7 Å². The summed E-state index contributed by atoms with van der Waals surface area (Å²) in [6.45, 7) is 0. The number of carbonyl (C=O) groups excluding carboxylic acids is 7. The zero-order chi connectivity index (χ0) is 51.8. The number of imide groups is 2. The van der Waals surface area contributed by atoms with Crippen molar-refractivity contribution >= 4 is 58.8 Å². The molecule has 2 aliphatic rings. The molecule has 0 unspecified atom stereocenters. The summed E-state index contributed by atoms with van der Waals surface area (Å²) in [5.41, 5.74) is 2.91. The number of alkyl halides is 1. The zero-order valence-electron chi connectivity index (χ0n) is 38.1. The molecule has 6 aromatic heterocycles. The largest absolute Gasteiger partial charge is 0.481 e. The van der Waals surface area contributed by atoms with Crippen LogP contribution in [0, 0.1) is 0 Å². The Labute approximate surface area is 401 Å². The summed E-state index contributed by atoms with van der Waals surface area (Å²) < 4.78 is 15.5. The zero-order valence-corrected chi connectivity index (χ0v) is 37.1. The molecule has 8 heterocycles. The molecule has 0 atom stereocenters. The van der Waals surface area contributed by atoms with Crippen molar-refractivity contribution in [3.8, 4) is 46.1 Å². The van der Waals surface area contributed by atoms with Crippen LogP contribution in [-0.4, -0.2) is 136 Å². The number of anilines is 2. The number of nitrogens with one attached hydrogen (secondary N) is 2. The van der Waals surface area contributed by atoms with Gasteiger partial charge in [-0.1, -0.05) is 12.1 Å². The number of pyridine rings is 4. The number of halogens is 1. The van der Waals surface area contributed by atoms with E-state index in [1.807, 2.05) is 6.07 Å². The van der Waals surface area contributed by atoms with Gasteiger partial charge < -0.3 is 20.6 Å². The minimum atomic E-state index is -1.00. The number of carbonyl (C=O) groups is 8. The Kier molecular flexibility index (Phi) is 19.2. The van der Waals surface area contributed by atoms with E-state index in [-0.39, 0.29) is 98.6 Å². The second kappa shape index (κ2) is 26.8. The molecule has 8 rings (SSSR count). The number of hydroxylamine groups is 4. The lowest BCUT2D eigenvalue weighted by Crippen LogP contribution is -2.32. The van der Waals surface area contributed by atoms with Crippen molar-refractivity contribution in [3.05, 3.63) is 85.5 Å². The first-order valence-electron chi connectivity index (χ1n) is 21.6. The van der Waals surface area contributed by atoms with Crippen LogP contribution >= 0.6 is 0 Å². The fourth-order valence-electron chi connectivity index (χ4n) is 5.67. The molecule has 28 heteroatoms. The number of rotatable bonds is 15. The maximum atomic E-state index is 12.1. The Morgan fingerprint density at radius 2 is 0.958 bits per heavy atom. The SMILES string of the molecule is O=C(CCCC(=O)ON1C(=O)CCC1=O)Nc1ccc(-c2nnc(-c3ccccn3)nn2)nc1.O=C(O)CCCC(=O)Nc1ccc(-c2nnc(-c3ccccn3)nn2)nc1.O=C1CCC(=O)N1O.[2H]CF. The van der Waals surface area contributed by atoms with Gasteiger partial charge in [-0.25, -0.2) is 4.79 Å². The highest BCUT2D eigenvalue weighted by atomic mass is 19.1. The van der Waals surface area contributed by atoms with Crippen LogP contribution in [-0.2, 0) is 43.2 Å². The van der Waals surface area contributed by atoms with Crippen molar-refractivity contribution in [2.24, 2.45) is 0 Å². The fourth-order valence-corrected chi connectivity index (χ4v) is 5.67. The molecule has 71 heavy (non-hydrogen) atoms. The van der Waals surface area contributed by atoms with E-state index in [0.717, 1.165) is 0 Å². The minimum absolute atomic E-state index is 0.0248. The molecule has 2 aliphatic heterocycles. The van der Waals surface area contributed by atoms with Crippen LogP contribution in [0.1, 0.15) is 65.6 Å². The molecule has 2 fully saturated rings. The van der Waals surface area contributed by atoms with E-state index in [9.17, 15) is 42.7 Å². The number of hydrogen-bond acceptors (Lipinski definition) is 22.